The predicted molar refractivity (Wildman–Crippen MR) is 99.1 cm³/mol. The third-order valence-electron chi connectivity index (χ3n) is 4.78. The highest BCUT2D eigenvalue weighted by atomic mass is 35.5. The van der Waals surface area contributed by atoms with Crippen molar-refractivity contribution in [1.29, 1.82) is 0 Å². The van der Waals surface area contributed by atoms with Crippen molar-refractivity contribution >= 4 is 23.3 Å². The third-order valence-corrected chi connectivity index (χ3v) is 5.15. The van der Waals surface area contributed by atoms with Gasteiger partial charge >= 0.3 is 6.18 Å². The van der Waals surface area contributed by atoms with Crippen LogP contribution in [0.2, 0.25) is 5.02 Å². The summed E-state index contributed by atoms with van der Waals surface area (Å²) >= 11 is 6.08. The van der Waals surface area contributed by atoms with Gasteiger partial charge in [0, 0.05) is 17.6 Å². The van der Waals surface area contributed by atoms with Crippen LogP contribution in [0.25, 0.3) is 0 Å². The summed E-state index contributed by atoms with van der Waals surface area (Å²) in [6, 6.07) is 9.89. The monoisotopic (exact) mass is 414 g/mol. The van der Waals surface area contributed by atoms with Gasteiger partial charge in [-0.3, -0.25) is 9.69 Å². The molecule has 1 aromatic heterocycles. The number of hydrogen-bond acceptors (Lipinski definition) is 2. The summed E-state index contributed by atoms with van der Waals surface area (Å²) in [6.45, 7) is 3.53. The number of piperazine rings is 1. The number of carbonyl (C=O) groups excluding carboxylic acids is 1. The molecule has 0 atom stereocenters. The van der Waals surface area contributed by atoms with Crippen molar-refractivity contribution in [2.24, 2.45) is 0 Å². The van der Waals surface area contributed by atoms with E-state index in [1.807, 2.05) is 23.1 Å². The first-order chi connectivity index (χ1) is 13.3. The second-order valence-corrected chi connectivity index (χ2v) is 7.15. The van der Waals surface area contributed by atoms with E-state index in [1.54, 1.807) is 6.07 Å². The number of anilines is 1. The number of alkyl halides is 3. The summed E-state index contributed by atoms with van der Waals surface area (Å²) in [5, 5.41) is 3.50. The zero-order chi connectivity index (χ0) is 20.1. The Morgan fingerprint density at radius 2 is 1.89 bits per heavy atom. The summed E-state index contributed by atoms with van der Waals surface area (Å²) in [5.41, 5.74) is 0.172. The summed E-state index contributed by atoms with van der Waals surface area (Å²) in [6.07, 6.45) is -3.37. The number of benzene rings is 1. The molecule has 1 amide bonds. The molecule has 0 bridgehead atoms. The Morgan fingerprint density at radius 3 is 2.50 bits per heavy atom. The Bertz CT molecular complexity index is 806. The molecule has 0 unspecified atom stereocenters. The summed E-state index contributed by atoms with van der Waals surface area (Å²) in [5.74, 6) is 0.597. The van der Waals surface area contributed by atoms with E-state index in [4.69, 9.17) is 11.6 Å². The second kappa shape index (κ2) is 8.79. The van der Waals surface area contributed by atoms with Crippen LogP contribution in [-0.4, -0.2) is 38.6 Å². The maximum absolute atomic E-state index is 12.6. The lowest BCUT2D eigenvalue weighted by atomic mass is 10.2. The average Bonchev–Trinajstić information content (AvgIpc) is 2.67. The van der Waals surface area contributed by atoms with Crippen LogP contribution in [0.5, 0.6) is 0 Å². The molecule has 1 aromatic carbocycles. The van der Waals surface area contributed by atoms with Gasteiger partial charge in [0.25, 0.3) is 11.7 Å². The fourth-order valence-electron chi connectivity index (χ4n) is 3.16. The minimum absolute atomic E-state index is 0.0514. The lowest BCUT2D eigenvalue weighted by Gasteiger charge is -2.28. The molecule has 1 aliphatic rings. The van der Waals surface area contributed by atoms with Crippen molar-refractivity contribution in [2.75, 3.05) is 37.6 Å². The zero-order valence-corrected chi connectivity index (χ0v) is 15.9. The maximum atomic E-state index is 12.6. The minimum atomic E-state index is -4.35. The highest BCUT2D eigenvalue weighted by molar-refractivity contribution is 6.31. The topological polar surface area (TPSA) is 50.9 Å². The lowest BCUT2D eigenvalue weighted by molar-refractivity contribution is -0.892. The van der Waals surface area contributed by atoms with E-state index in [9.17, 15) is 18.0 Å². The Labute approximate surface area is 166 Å². The number of pyridine rings is 1. The number of rotatable bonds is 5. The predicted octanol–water partition coefficient (Wildman–Crippen LogP) is 1.19. The quantitative estimate of drug-likeness (QED) is 0.772. The molecule has 0 saturated carbocycles. The Balaban J connectivity index is 1.45. The first-order valence-electron chi connectivity index (χ1n) is 9.00. The van der Waals surface area contributed by atoms with Gasteiger partial charge in [0.2, 0.25) is 0 Å². The molecule has 1 fully saturated rings. The van der Waals surface area contributed by atoms with E-state index >= 15 is 0 Å². The molecule has 2 heterocycles. The van der Waals surface area contributed by atoms with E-state index in [0.29, 0.717) is 37.0 Å². The highest BCUT2D eigenvalue weighted by Gasteiger charge is 2.33. The molecule has 1 aliphatic heterocycles. The number of amides is 1. The van der Waals surface area contributed by atoms with Gasteiger partial charge in [0.05, 0.1) is 5.56 Å². The normalized spacial score (nSPS) is 15.5. The van der Waals surface area contributed by atoms with Gasteiger partial charge in [-0.15, -0.1) is 0 Å². The van der Waals surface area contributed by atoms with Crippen LogP contribution in [0.15, 0.2) is 42.6 Å². The number of halogens is 4. The minimum Gasteiger partial charge on any atom is -0.347 e. The number of hydrogen-bond donors (Lipinski definition) is 2. The molecule has 3 rings (SSSR count). The Morgan fingerprint density at radius 1 is 1.18 bits per heavy atom. The molecule has 1 saturated heterocycles. The number of carbonyl (C=O) groups is 1. The average molecular weight is 415 g/mol. The Kier molecular flexibility index (Phi) is 6.41. The molecular weight excluding hydrogens is 393 g/mol. The SMILES string of the molecule is O=C(C[NH+]1CCN(c2ccc(C(F)(F)F)c[nH+]2)CC1)NCc1ccccc1Cl. The standard InChI is InChI=1S/C19H20ClF3N4O/c20-16-4-2-1-3-14(16)11-25-18(28)13-26-7-9-27(10-8-26)17-6-5-15(12-24-17)19(21,22)23/h1-6,12H,7-11,13H2,(H,25,28)/p+2. The molecule has 5 nitrogen and oxygen atoms in total. The van der Waals surface area contributed by atoms with Crippen LogP contribution in [0, 0.1) is 0 Å². The van der Waals surface area contributed by atoms with Crippen LogP contribution in [0.4, 0.5) is 19.0 Å². The lowest BCUT2D eigenvalue weighted by Crippen LogP contribution is -3.16. The first kappa shape index (κ1) is 20.4. The van der Waals surface area contributed by atoms with Gasteiger partial charge in [-0.05, 0) is 17.7 Å². The van der Waals surface area contributed by atoms with Crippen LogP contribution in [0.1, 0.15) is 11.1 Å². The van der Waals surface area contributed by atoms with Crippen molar-refractivity contribution in [3.63, 3.8) is 0 Å². The molecule has 28 heavy (non-hydrogen) atoms. The van der Waals surface area contributed by atoms with Crippen molar-refractivity contribution in [1.82, 2.24) is 5.32 Å². The van der Waals surface area contributed by atoms with Gasteiger partial charge in [0.1, 0.15) is 32.4 Å². The third kappa shape index (κ3) is 5.36. The largest absolute Gasteiger partial charge is 0.419 e. The van der Waals surface area contributed by atoms with Crippen molar-refractivity contribution < 1.29 is 27.8 Å². The van der Waals surface area contributed by atoms with Gasteiger partial charge in [-0.25, -0.2) is 4.98 Å². The van der Waals surface area contributed by atoms with Crippen LogP contribution >= 0.6 is 11.6 Å². The molecule has 0 aliphatic carbocycles. The number of H-pyrrole nitrogens is 1. The van der Waals surface area contributed by atoms with E-state index in [1.165, 1.54) is 6.07 Å². The molecular formula is C19H22ClF3N4O+2. The summed E-state index contributed by atoms with van der Waals surface area (Å²) < 4.78 is 37.9. The zero-order valence-electron chi connectivity index (χ0n) is 15.2. The molecule has 0 spiro atoms. The van der Waals surface area contributed by atoms with E-state index in [0.717, 1.165) is 35.8 Å². The van der Waals surface area contributed by atoms with Gasteiger partial charge in [-0.1, -0.05) is 29.8 Å². The van der Waals surface area contributed by atoms with E-state index in [-0.39, 0.29) is 5.91 Å². The Hall–Kier alpha value is -2.32. The van der Waals surface area contributed by atoms with Crippen LogP contribution < -0.4 is 20.1 Å². The van der Waals surface area contributed by atoms with E-state index < -0.39 is 11.7 Å². The maximum Gasteiger partial charge on any atom is 0.419 e. The number of aromatic nitrogens is 1. The number of nitrogens with one attached hydrogen (secondary N) is 3. The molecule has 150 valence electrons. The molecule has 9 heteroatoms. The fraction of sp³-hybridized carbons (Fsp3) is 0.368. The highest BCUT2D eigenvalue weighted by Crippen LogP contribution is 2.28. The van der Waals surface area contributed by atoms with Crippen molar-refractivity contribution in [2.45, 2.75) is 12.7 Å². The van der Waals surface area contributed by atoms with E-state index in [2.05, 4.69) is 10.3 Å². The summed E-state index contributed by atoms with van der Waals surface area (Å²) in [4.78, 5) is 18.0. The first-order valence-corrected chi connectivity index (χ1v) is 9.38. The van der Waals surface area contributed by atoms with Crippen LogP contribution in [-0.2, 0) is 17.5 Å². The fourth-order valence-corrected chi connectivity index (χ4v) is 3.36. The smallest absolute Gasteiger partial charge is 0.347 e. The molecule has 3 N–H and O–H groups in total. The molecule has 0 radical (unpaired) electrons. The summed E-state index contributed by atoms with van der Waals surface area (Å²) in [7, 11) is 0. The number of nitrogens with zero attached hydrogens (tertiary/aromatic N) is 1. The van der Waals surface area contributed by atoms with Crippen LogP contribution in [0.3, 0.4) is 0 Å². The van der Waals surface area contributed by atoms with Crippen molar-refractivity contribution in [3.05, 3.63) is 58.7 Å². The van der Waals surface area contributed by atoms with Gasteiger partial charge in [-0.2, -0.15) is 13.2 Å². The van der Waals surface area contributed by atoms with Gasteiger partial charge < -0.3 is 10.2 Å². The molecule has 2 aromatic rings. The number of quaternary nitrogens is 1. The van der Waals surface area contributed by atoms with Crippen molar-refractivity contribution in [3.8, 4) is 0 Å². The second-order valence-electron chi connectivity index (χ2n) is 6.74. The van der Waals surface area contributed by atoms with Gasteiger partial charge in [0.15, 0.2) is 6.54 Å². The number of aromatic amines is 1.